The molecule has 2 aromatic heterocycles. The second-order valence-corrected chi connectivity index (χ2v) is 7.00. The lowest BCUT2D eigenvalue weighted by Crippen LogP contribution is -2.25. The number of aromatic nitrogens is 6. The number of nitrogens with one attached hydrogen (secondary N) is 1. The van der Waals surface area contributed by atoms with Gasteiger partial charge < -0.3 is 0 Å². The van der Waals surface area contributed by atoms with Crippen molar-refractivity contribution in [3.63, 3.8) is 0 Å². The molecule has 0 aliphatic carbocycles. The number of imidazole rings is 1. The fourth-order valence-electron chi connectivity index (χ4n) is 3.61. The Morgan fingerprint density at radius 2 is 1.76 bits per heavy atom. The van der Waals surface area contributed by atoms with Gasteiger partial charge in [-0.2, -0.15) is 5.21 Å². The minimum atomic E-state index is 0.0579. The third-order valence-corrected chi connectivity index (χ3v) is 5.09. The number of benzene rings is 2. The summed E-state index contributed by atoms with van der Waals surface area (Å²) < 4.78 is 3.66. The Hall–Kier alpha value is -3.48. The van der Waals surface area contributed by atoms with Crippen molar-refractivity contribution in [2.45, 2.75) is 39.8 Å². The molecule has 4 rings (SSSR count). The standard InChI is InChI=1S/C22H24N6O/c1-3-7-18-15-27(4-2)22(29)28(18)14-16-10-12-17(13-11-16)19-8-5-6-9-20(19)21-23-25-26-24-21/h5-6,8-13,15H,3-4,7,14H2,1-2H3,(H,23,24,25,26). The van der Waals surface area contributed by atoms with Crippen LogP contribution >= 0.6 is 0 Å². The molecule has 0 atom stereocenters. The Balaban J connectivity index is 1.64. The number of tetrazole rings is 1. The molecule has 2 aromatic carbocycles. The van der Waals surface area contributed by atoms with Crippen LogP contribution in [0.25, 0.3) is 22.5 Å². The van der Waals surface area contributed by atoms with Gasteiger partial charge in [-0.05, 0) is 35.2 Å². The summed E-state index contributed by atoms with van der Waals surface area (Å²) in [5, 5.41) is 14.4. The van der Waals surface area contributed by atoms with Gasteiger partial charge >= 0.3 is 5.69 Å². The fraction of sp³-hybridized carbons (Fsp3) is 0.273. The molecule has 7 nitrogen and oxygen atoms in total. The summed E-state index contributed by atoms with van der Waals surface area (Å²) in [6, 6.07) is 16.3. The van der Waals surface area contributed by atoms with Crippen LogP contribution in [0.15, 0.2) is 59.5 Å². The van der Waals surface area contributed by atoms with E-state index in [1.54, 1.807) is 4.57 Å². The molecule has 7 heteroatoms. The first-order valence-corrected chi connectivity index (χ1v) is 9.92. The average Bonchev–Trinajstić information content (AvgIpc) is 3.39. The Labute approximate surface area is 169 Å². The van der Waals surface area contributed by atoms with E-state index in [1.165, 1.54) is 0 Å². The molecule has 2 heterocycles. The summed E-state index contributed by atoms with van der Waals surface area (Å²) in [7, 11) is 0. The maximum absolute atomic E-state index is 12.7. The predicted molar refractivity (Wildman–Crippen MR) is 113 cm³/mol. The summed E-state index contributed by atoms with van der Waals surface area (Å²) in [6.07, 6.45) is 3.90. The van der Waals surface area contributed by atoms with Gasteiger partial charge in [-0.15, -0.1) is 10.2 Å². The highest BCUT2D eigenvalue weighted by Gasteiger charge is 2.12. The molecule has 29 heavy (non-hydrogen) atoms. The molecule has 0 fully saturated rings. The molecular weight excluding hydrogens is 364 g/mol. The van der Waals surface area contributed by atoms with E-state index >= 15 is 0 Å². The molecule has 0 spiro atoms. The van der Waals surface area contributed by atoms with Crippen LogP contribution in [-0.4, -0.2) is 29.8 Å². The van der Waals surface area contributed by atoms with Crippen molar-refractivity contribution in [1.29, 1.82) is 0 Å². The second-order valence-electron chi connectivity index (χ2n) is 7.00. The highest BCUT2D eigenvalue weighted by molar-refractivity contribution is 5.80. The van der Waals surface area contributed by atoms with Gasteiger partial charge in [0.15, 0.2) is 0 Å². The number of hydrogen-bond donors (Lipinski definition) is 1. The van der Waals surface area contributed by atoms with Crippen LogP contribution < -0.4 is 5.69 Å². The van der Waals surface area contributed by atoms with E-state index in [1.807, 2.05) is 42.0 Å². The van der Waals surface area contributed by atoms with Crippen molar-refractivity contribution < 1.29 is 0 Å². The van der Waals surface area contributed by atoms with Gasteiger partial charge in [0.25, 0.3) is 0 Å². The van der Waals surface area contributed by atoms with Crippen LogP contribution in [0.3, 0.4) is 0 Å². The lowest BCUT2D eigenvalue weighted by atomic mass is 9.98. The van der Waals surface area contributed by atoms with E-state index in [-0.39, 0.29) is 5.69 Å². The highest BCUT2D eigenvalue weighted by Crippen LogP contribution is 2.29. The predicted octanol–water partition coefficient (Wildman–Crippen LogP) is 3.52. The summed E-state index contributed by atoms with van der Waals surface area (Å²) in [5.74, 6) is 0.571. The van der Waals surface area contributed by atoms with Crippen LogP contribution in [0.5, 0.6) is 0 Å². The molecule has 4 aromatic rings. The molecular formula is C22H24N6O. The van der Waals surface area contributed by atoms with Gasteiger partial charge in [-0.1, -0.05) is 61.9 Å². The van der Waals surface area contributed by atoms with Crippen molar-refractivity contribution in [2.75, 3.05) is 0 Å². The second kappa shape index (κ2) is 8.26. The lowest BCUT2D eigenvalue weighted by molar-refractivity contribution is 0.653. The van der Waals surface area contributed by atoms with Gasteiger partial charge in [0.2, 0.25) is 5.82 Å². The zero-order chi connectivity index (χ0) is 20.2. The lowest BCUT2D eigenvalue weighted by Gasteiger charge is -2.10. The molecule has 1 N–H and O–H groups in total. The average molecular weight is 388 g/mol. The minimum absolute atomic E-state index is 0.0579. The summed E-state index contributed by atoms with van der Waals surface area (Å²) in [5.41, 5.74) is 5.28. The first kappa shape index (κ1) is 18.9. The third-order valence-electron chi connectivity index (χ3n) is 5.09. The van der Waals surface area contributed by atoms with Crippen LogP contribution in [0.1, 0.15) is 31.5 Å². The van der Waals surface area contributed by atoms with E-state index in [4.69, 9.17) is 0 Å². The zero-order valence-corrected chi connectivity index (χ0v) is 16.7. The largest absolute Gasteiger partial charge is 0.328 e. The normalized spacial score (nSPS) is 11.1. The van der Waals surface area contributed by atoms with Gasteiger partial charge in [0, 0.05) is 24.0 Å². The van der Waals surface area contributed by atoms with Crippen molar-refractivity contribution in [2.24, 2.45) is 0 Å². The molecule has 0 amide bonds. The molecule has 0 radical (unpaired) electrons. The highest BCUT2D eigenvalue weighted by atomic mass is 16.1. The smallest absolute Gasteiger partial charge is 0.299 e. The van der Waals surface area contributed by atoms with Gasteiger partial charge in [-0.25, -0.2) is 4.79 Å². The number of H-pyrrole nitrogens is 1. The number of aromatic amines is 1. The summed E-state index contributed by atoms with van der Waals surface area (Å²) in [4.78, 5) is 12.7. The Bertz CT molecular complexity index is 1140. The maximum Gasteiger partial charge on any atom is 0.328 e. The quantitative estimate of drug-likeness (QED) is 0.525. The Morgan fingerprint density at radius 3 is 2.41 bits per heavy atom. The Kier molecular flexibility index (Phi) is 5.37. The van der Waals surface area contributed by atoms with Crippen molar-refractivity contribution in [3.8, 4) is 22.5 Å². The van der Waals surface area contributed by atoms with E-state index < -0.39 is 0 Å². The van der Waals surface area contributed by atoms with Gasteiger partial charge in [0.05, 0.1) is 6.54 Å². The number of rotatable bonds is 7. The Morgan fingerprint density at radius 1 is 1.00 bits per heavy atom. The molecule has 148 valence electrons. The van der Waals surface area contributed by atoms with Crippen molar-refractivity contribution in [3.05, 3.63) is 76.5 Å². The fourth-order valence-corrected chi connectivity index (χ4v) is 3.61. The SMILES string of the molecule is CCCc1cn(CC)c(=O)n1Cc1ccc(-c2ccccc2-c2nn[nH]n2)cc1. The molecule has 0 aliphatic heterocycles. The monoisotopic (exact) mass is 388 g/mol. The zero-order valence-electron chi connectivity index (χ0n) is 16.7. The topological polar surface area (TPSA) is 81.4 Å². The maximum atomic E-state index is 12.7. The first-order valence-electron chi connectivity index (χ1n) is 9.92. The van der Waals surface area contributed by atoms with E-state index in [2.05, 4.69) is 51.8 Å². The first-order chi connectivity index (χ1) is 14.2. The van der Waals surface area contributed by atoms with Crippen molar-refractivity contribution >= 4 is 0 Å². The van der Waals surface area contributed by atoms with E-state index in [0.717, 1.165) is 40.8 Å². The number of hydrogen-bond acceptors (Lipinski definition) is 4. The molecule has 0 aliphatic rings. The van der Waals surface area contributed by atoms with Crippen molar-refractivity contribution in [1.82, 2.24) is 29.8 Å². The third kappa shape index (κ3) is 3.76. The molecule has 0 bridgehead atoms. The number of aryl methyl sites for hydroxylation is 2. The molecule has 0 saturated heterocycles. The minimum Gasteiger partial charge on any atom is -0.299 e. The van der Waals surface area contributed by atoms with Crippen LogP contribution in [0.4, 0.5) is 0 Å². The van der Waals surface area contributed by atoms with Crippen LogP contribution in [0.2, 0.25) is 0 Å². The summed E-state index contributed by atoms with van der Waals surface area (Å²) >= 11 is 0. The van der Waals surface area contributed by atoms with Gasteiger partial charge in [0.1, 0.15) is 0 Å². The van der Waals surface area contributed by atoms with E-state index in [0.29, 0.717) is 18.9 Å². The van der Waals surface area contributed by atoms with Crippen LogP contribution in [-0.2, 0) is 19.5 Å². The number of nitrogens with zero attached hydrogens (tertiary/aromatic N) is 5. The van der Waals surface area contributed by atoms with Crippen LogP contribution in [0, 0.1) is 0 Å². The summed E-state index contributed by atoms with van der Waals surface area (Å²) in [6.45, 7) is 5.40. The molecule has 0 saturated carbocycles. The van der Waals surface area contributed by atoms with E-state index in [9.17, 15) is 4.79 Å². The van der Waals surface area contributed by atoms with Gasteiger partial charge in [-0.3, -0.25) is 9.13 Å². The molecule has 0 unspecified atom stereocenters.